The van der Waals surface area contributed by atoms with Crippen LogP contribution in [-0.4, -0.2) is 19.6 Å². The lowest BCUT2D eigenvalue weighted by molar-refractivity contribution is -0.109. The molecule has 0 bridgehead atoms. The van der Waals surface area contributed by atoms with Crippen molar-refractivity contribution in [1.82, 2.24) is 5.32 Å². The predicted octanol–water partition coefficient (Wildman–Crippen LogP) is 7.27. The fourth-order valence-corrected chi connectivity index (χ4v) is 3.70. The van der Waals surface area contributed by atoms with Crippen LogP contribution in [0.3, 0.4) is 0 Å². The molecule has 174 valence electrons. The molecule has 1 rings (SSSR count). The molecule has 2 unspecified atom stereocenters. The van der Waals surface area contributed by atoms with Crippen molar-refractivity contribution in [3.05, 3.63) is 58.3 Å². The Hall–Kier alpha value is -2.01. The van der Waals surface area contributed by atoms with Crippen LogP contribution in [0, 0.1) is 5.92 Å². The highest BCUT2D eigenvalue weighted by Gasteiger charge is 2.09. The van der Waals surface area contributed by atoms with Crippen LogP contribution in [0.1, 0.15) is 72.3 Å². The zero-order valence-corrected chi connectivity index (χ0v) is 21.7. The summed E-state index contributed by atoms with van der Waals surface area (Å²) in [6.07, 6.45) is 14.4. The highest BCUT2D eigenvalue weighted by molar-refractivity contribution is 9.10. The number of nitrogens with one attached hydrogen (secondary N) is 1. The molecule has 0 saturated heterocycles. The van der Waals surface area contributed by atoms with E-state index in [0.29, 0.717) is 5.92 Å². The van der Waals surface area contributed by atoms with Crippen LogP contribution in [0.2, 0.25) is 0 Å². The van der Waals surface area contributed by atoms with Crippen molar-refractivity contribution in [3.63, 3.8) is 0 Å². The minimum absolute atomic E-state index is 0.00225. The van der Waals surface area contributed by atoms with Gasteiger partial charge in [-0.25, -0.2) is 0 Å². The van der Waals surface area contributed by atoms with Gasteiger partial charge in [0.05, 0.1) is 13.4 Å². The first kappa shape index (κ1) is 29.0. The van der Waals surface area contributed by atoms with Crippen molar-refractivity contribution < 1.29 is 9.53 Å². The molecule has 1 aromatic rings. The number of ether oxygens (including phenoxy) is 1. The van der Waals surface area contributed by atoms with Gasteiger partial charge >= 0.3 is 0 Å². The molecule has 0 aliphatic heterocycles. The first-order chi connectivity index (χ1) is 14.9. The lowest BCUT2D eigenvalue weighted by Crippen LogP contribution is -2.22. The van der Waals surface area contributed by atoms with E-state index in [1.807, 2.05) is 31.4 Å². The number of anilines is 1. The number of hydrogen-bond donors (Lipinski definition) is 2. The third kappa shape index (κ3) is 11.8. The van der Waals surface area contributed by atoms with Crippen molar-refractivity contribution in [3.8, 4) is 0 Å². The highest BCUT2D eigenvalue weighted by atomic mass is 79.9. The predicted molar refractivity (Wildman–Crippen MR) is 139 cm³/mol. The van der Waals surface area contributed by atoms with Crippen molar-refractivity contribution in [2.75, 3.05) is 12.8 Å². The highest BCUT2D eigenvalue weighted by Crippen LogP contribution is 2.28. The zero-order chi connectivity index (χ0) is 23.6. The normalized spacial score (nSPS) is 13.9. The third-order valence-electron chi connectivity index (χ3n) is 5.01. The molecule has 0 aliphatic carbocycles. The summed E-state index contributed by atoms with van der Waals surface area (Å²) in [6, 6.07) is 5.84. The number of carbonyl (C=O) groups is 1. The Bertz CT molecular complexity index is 726. The Morgan fingerprint density at radius 2 is 2.00 bits per heavy atom. The first-order valence-corrected chi connectivity index (χ1v) is 12.0. The van der Waals surface area contributed by atoms with E-state index < -0.39 is 0 Å². The summed E-state index contributed by atoms with van der Waals surface area (Å²) >= 11 is 3.46. The molecule has 2 atom stereocenters. The molecular weight excluding hydrogens is 452 g/mol. The molecule has 31 heavy (non-hydrogen) atoms. The largest absolute Gasteiger partial charge is 0.504 e. The summed E-state index contributed by atoms with van der Waals surface area (Å²) in [5.74, 6) is 0.654. The number of rotatable bonds is 12. The Labute approximate surface area is 198 Å². The second-order valence-electron chi connectivity index (χ2n) is 7.44. The number of carbonyl (C=O) groups excluding carboxylic acids is 1. The average molecular weight is 494 g/mol. The summed E-state index contributed by atoms with van der Waals surface area (Å²) in [5.41, 5.74) is 10.4. The maximum atomic E-state index is 10.4. The van der Waals surface area contributed by atoms with Crippen LogP contribution in [0.15, 0.2) is 52.7 Å². The third-order valence-corrected chi connectivity index (χ3v) is 5.51. The lowest BCUT2D eigenvalue weighted by atomic mass is 9.92. The minimum Gasteiger partial charge on any atom is -0.504 e. The molecule has 0 aliphatic rings. The van der Waals surface area contributed by atoms with E-state index in [1.165, 1.54) is 12.0 Å². The molecular formula is C26H41BrN2O2. The fourth-order valence-electron chi connectivity index (χ4n) is 3.34. The molecule has 1 aromatic carbocycles. The van der Waals surface area contributed by atoms with E-state index in [9.17, 15) is 4.79 Å². The summed E-state index contributed by atoms with van der Waals surface area (Å²) in [7, 11) is 1.72. The van der Waals surface area contributed by atoms with E-state index >= 15 is 0 Å². The van der Waals surface area contributed by atoms with Gasteiger partial charge in [0.1, 0.15) is 0 Å². The van der Waals surface area contributed by atoms with E-state index in [-0.39, 0.29) is 6.04 Å². The molecule has 0 fully saturated rings. The lowest BCUT2D eigenvalue weighted by Gasteiger charge is -2.15. The molecule has 0 heterocycles. The van der Waals surface area contributed by atoms with E-state index in [0.717, 1.165) is 53.4 Å². The molecule has 4 nitrogen and oxygen atoms in total. The maximum Gasteiger partial charge on any atom is 0.207 e. The summed E-state index contributed by atoms with van der Waals surface area (Å²) < 4.78 is 6.08. The number of nitrogens with two attached hydrogens (primary N) is 1. The standard InChI is InChI=1S/C14H19BrN2O.C12H22O/c1-3-4-11(7-10(2)17-9-18)13-8-12(15)5-6-14(13)16;1-5-8-9-11(6-2)12(7-3)10-13-4/h5-10H,3-4,16H2,1-2H3,(H,17,18);5,8,10-11H,6-7,9H2,1-4H3/b11-7+;8-5-,12-10+. The van der Waals surface area contributed by atoms with Gasteiger partial charge in [-0.3, -0.25) is 4.79 Å². The Kier molecular flexibility index (Phi) is 16.5. The quantitative estimate of drug-likeness (QED) is 0.139. The SMILES string of the molecule is C/C=C\CC(CC)/C(=C/OC)CC.CCC/C(=C\C(C)NC=O)c1cc(Br)ccc1N. The maximum absolute atomic E-state index is 10.4. The van der Waals surface area contributed by atoms with Gasteiger partial charge in [-0.2, -0.15) is 0 Å². The van der Waals surface area contributed by atoms with Crippen LogP contribution in [-0.2, 0) is 9.53 Å². The Morgan fingerprint density at radius 1 is 1.29 bits per heavy atom. The van der Waals surface area contributed by atoms with E-state index in [4.69, 9.17) is 10.5 Å². The van der Waals surface area contributed by atoms with Gasteiger partial charge in [0.15, 0.2) is 0 Å². The average Bonchev–Trinajstić information content (AvgIpc) is 2.75. The van der Waals surface area contributed by atoms with Crippen molar-refractivity contribution in [1.29, 1.82) is 0 Å². The Morgan fingerprint density at radius 3 is 2.52 bits per heavy atom. The number of halogens is 1. The van der Waals surface area contributed by atoms with Gasteiger partial charge in [-0.1, -0.05) is 61.4 Å². The van der Waals surface area contributed by atoms with Gasteiger partial charge in [-0.15, -0.1) is 0 Å². The number of methoxy groups -OCH3 is 1. The number of hydrogen-bond acceptors (Lipinski definition) is 3. The van der Waals surface area contributed by atoms with Gasteiger partial charge in [-0.05, 0) is 74.8 Å². The monoisotopic (exact) mass is 492 g/mol. The van der Waals surface area contributed by atoms with Crippen molar-refractivity contribution >= 4 is 33.6 Å². The summed E-state index contributed by atoms with van der Waals surface area (Å²) in [5, 5.41) is 2.73. The number of amides is 1. The second-order valence-corrected chi connectivity index (χ2v) is 8.35. The number of benzene rings is 1. The summed E-state index contributed by atoms with van der Waals surface area (Å²) in [6.45, 7) is 10.5. The molecule has 0 spiro atoms. The molecule has 5 heteroatoms. The van der Waals surface area contributed by atoms with Gasteiger partial charge in [0, 0.05) is 21.8 Å². The molecule has 3 N–H and O–H groups in total. The minimum atomic E-state index is 0.00225. The number of allylic oxidation sites excluding steroid dienone is 4. The molecule has 1 amide bonds. The summed E-state index contributed by atoms with van der Waals surface area (Å²) in [4.78, 5) is 10.4. The Balaban J connectivity index is 0.000000615. The van der Waals surface area contributed by atoms with Crippen molar-refractivity contribution in [2.24, 2.45) is 5.92 Å². The van der Waals surface area contributed by atoms with Gasteiger partial charge in [0.2, 0.25) is 6.41 Å². The molecule has 0 aromatic heterocycles. The van der Waals surface area contributed by atoms with Gasteiger partial charge in [0.25, 0.3) is 0 Å². The molecule has 0 radical (unpaired) electrons. The van der Waals surface area contributed by atoms with Crippen molar-refractivity contribution in [2.45, 2.75) is 72.8 Å². The first-order valence-electron chi connectivity index (χ1n) is 11.2. The topological polar surface area (TPSA) is 64.3 Å². The molecule has 0 saturated carbocycles. The fraction of sp³-hybridized carbons (Fsp3) is 0.500. The second kappa shape index (κ2) is 17.6. The van der Waals surface area contributed by atoms with Crippen LogP contribution >= 0.6 is 15.9 Å². The van der Waals surface area contributed by atoms with Crippen LogP contribution < -0.4 is 11.1 Å². The van der Waals surface area contributed by atoms with Crippen LogP contribution in [0.5, 0.6) is 0 Å². The van der Waals surface area contributed by atoms with E-state index in [2.05, 4.69) is 67.2 Å². The smallest absolute Gasteiger partial charge is 0.207 e. The van der Waals surface area contributed by atoms with Crippen LogP contribution in [0.4, 0.5) is 5.69 Å². The number of nitrogen functional groups attached to an aromatic ring is 1. The van der Waals surface area contributed by atoms with E-state index in [1.54, 1.807) is 7.11 Å². The van der Waals surface area contributed by atoms with Crippen LogP contribution in [0.25, 0.3) is 5.57 Å². The van der Waals surface area contributed by atoms with Gasteiger partial charge < -0.3 is 15.8 Å². The zero-order valence-electron chi connectivity index (χ0n) is 20.1.